The molecule has 0 heterocycles. The minimum Gasteiger partial charge on any atom is -0.481 e. The van der Waals surface area contributed by atoms with Gasteiger partial charge in [-0.15, -0.1) is 0 Å². The number of rotatable bonds is 32. The Bertz CT molecular complexity index is 497. The first kappa shape index (κ1) is 47.3. The molecule has 0 radical (unpaired) electrons. The van der Waals surface area contributed by atoms with Crippen LogP contribution < -0.4 is 0 Å². The molecule has 0 aliphatic rings. The van der Waals surface area contributed by atoms with Crippen LogP contribution in [0.2, 0.25) is 0 Å². The molecule has 6 heteroatoms. The van der Waals surface area contributed by atoms with E-state index in [2.05, 4.69) is 20.8 Å². The predicted octanol–water partition coefficient (Wildman–Crippen LogP) is 12.0. The van der Waals surface area contributed by atoms with Gasteiger partial charge in [-0.05, 0) is 25.7 Å². The van der Waals surface area contributed by atoms with E-state index < -0.39 is 18.2 Å². The van der Waals surface area contributed by atoms with Gasteiger partial charge in [-0.1, -0.05) is 188 Å². The van der Waals surface area contributed by atoms with Crippen LogP contribution in [0.5, 0.6) is 0 Å². The van der Waals surface area contributed by atoms with Gasteiger partial charge in [0, 0.05) is 12.8 Å². The molecule has 0 aromatic carbocycles. The molecule has 0 unspecified atom stereocenters. The Labute approximate surface area is 274 Å². The predicted molar refractivity (Wildman–Crippen MR) is 188 cm³/mol. The highest BCUT2D eigenvalue weighted by atomic mass is 16.5. The first-order valence-electron chi connectivity index (χ1n) is 19.1. The Hall–Kier alpha value is -1.14. The van der Waals surface area contributed by atoms with Crippen LogP contribution in [0.3, 0.4) is 0 Å². The van der Waals surface area contributed by atoms with Crippen molar-refractivity contribution in [1.29, 1.82) is 0 Å². The van der Waals surface area contributed by atoms with E-state index in [1.807, 2.05) is 0 Å². The van der Waals surface area contributed by atoms with Crippen molar-refractivity contribution < 1.29 is 30.0 Å². The molecule has 0 spiro atoms. The number of carbonyl (C=O) groups is 2. The molecule has 0 aromatic heterocycles. The largest absolute Gasteiger partial charge is 0.481 e. The van der Waals surface area contributed by atoms with Gasteiger partial charge < -0.3 is 20.4 Å². The Morgan fingerprint density at radius 3 is 0.773 bits per heavy atom. The molecule has 0 bridgehead atoms. The van der Waals surface area contributed by atoms with Gasteiger partial charge in [-0.2, -0.15) is 0 Å². The summed E-state index contributed by atoms with van der Waals surface area (Å²) in [5.41, 5.74) is 0. The highest BCUT2D eigenvalue weighted by Crippen LogP contribution is 2.14. The fourth-order valence-electron chi connectivity index (χ4n) is 5.16. The molecule has 0 aliphatic heterocycles. The van der Waals surface area contributed by atoms with Crippen LogP contribution in [-0.2, 0) is 9.59 Å². The SMILES string of the molecule is CCCCCC(O)O.CCCCCCCCCCCCCCCC(=O)O.CCCCCCCCCCCCCCCC(=O)O. The smallest absolute Gasteiger partial charge is 0.303 e. The number of carboxylic acids is 2. The van der Waals surface area contributed by atoms with Crippen molar-refractivity contribution >= 4 is 11.9 Å². The minimum absolute atomic E-state index is 0.345. The van der Waals surface area contributed by atoms with Gasteiger partial charge >= 0.3 is 11.9 Å². The fourth-order valence-corrected chi connectivity index (χ4v) is 5.16. The standard InChI is InChI=1S/2C16H32O2.C6H14O2/c2*1-2-3-4-5-6-7-8-9-10-11-12-13-14-15-16(17)18;1-2-3-4-5-6(7)8/h2*2-15H2,1H3,(H,17,18);6-8H,2-5H2,1H3. The zero-order valence-electron chi connectivity index (χ0n) is 29.8. The first-order valence-corrected chi connectivity index (χ1v) is 19.1. The van der Waals surface area contributed by atoms with Gasteiger partial charge in [0.2, 0.25) is 0 Å². The number of unbranched alkanes of at least 4 members (excludes halogenated alkanes) is 26. The van der Waals surface area contributed by atoms with Crippen molar-refractivity contribution in [2.24, 2.45) is 0 Å². The summed E-state index contributed by atoms with van der Waals surface area (Å²) in [5.74, 6) is -1.31. The lowest BCUT2D eigenvalue weighted by atomic mass is 10.0. The highest BCUT2D eigenvalue weighted by molar-refractivity contribution is 5.66. The van der Waals surface area contributed by atoms with Gasteiger partial charge in [0.1, 0.15) is 0 Å². The summed E-state index contributed by atoms with van der Waals surface area (Å²) in [6.45, 7) is 6.61. The van der Waals surface area contributed by atoms with Crippen molar-refractivity contribution in [1.82, 2.24) is 0 Å². The minimum atomic E-state index is -1.10. The maximum Gasteiger partial charge on any atom is 0.303 e. The topological polar surface area (TPSA) is 115 Å². The van der Waals surface area contributed by atoms with Gasteiger partial charge in [0.25, 0.3) is 0 Å². The Kier molecular flexibility index (Phi) is 47.3. The summed E-state index contributed by atoms with van der Waals surface area (Å²) in [6, 6.07) is 0. The van der Waals surface area contributed by atoms with E-state index in [1.165, 1.54) is 141 Å². The summed E-state index contributed by atoms with van der Waals surface area (Å²) in [4.78, 5) is 20.6. The van der Waals surface area contributed by atoms with E-state index in [4.69, 9.17) is 20.4 Å². The molecule has 44 heavy (non-hydrogen) atoms. The van der Waals surface area contributed by atoms with Gasteiger partial charge in [0.15, 0.2) is 6.29 Å². The average molecular weight is 631 g/mol. The van der Waals surface area contributed by atoms with E-state index in [0.717, 1.165) is 44.9 Å². The maximum atomic E-state index is 10.3. The lowest BCUT2D eigenvalue weighted by molar-refractivity contribution is -0.138. The second-order valence-electron chi connectivity index (χ2n) is 12.7. The summed E-state index contributed by atoms with van der Waals surface area (Å²) in [6.07, 6.45) is 37.1. The normalized spacial score (nSPS) is 10.7. The van der Waals surface area contributed by atoms with Crippen LogP contribution in [0.1, 0.15) is 226 Å². The molecular formula is C38H78O6. The van der Waals surface area contributed by atoms with E-state index in [0.29, 0.717) is 19.3 Å². The number of carboxylic acid groups (broad SMARTS) is 2. The van der Waals surface area contributed by atoms with Gasteiger partial charge in [-0.25, -0.2) is 0 Å². The zero-order valence-corrected chi connectivity index (χ0v) is 29.8. The fraction of sp³-hybridized carbons (Fsp3) is 0.947. The van der Waals surface area contributed by atoms with Crippen LogP contribution in [0.25, 0.3) is 0 Å². The monoisotopic (exact) mass is 631 g/mol. The summed E-state index contributed by atoms with van der Waals surface area (Å²) >= 11 is 0. The van der Waals surface area contributed by atoms with Crippen molar-refractivity contribution in [3.63, 3.8) is 0 Å². The molecule has 0 fully saturated rings. The van der Waals surface area contributed by atoms with Crippen molar-refractivity contribution in [2.45, 2.75) is 233 Å². The third-order valence-electron chi connectivity index (χ3n) is 8.05. The molecule has 0 rings (SSSR count). The number of hydrogen-bond donors (Lipinski definition) is 4. The summed E-state index contributed by atoms with van der Waals surface area (Å²) in [5, 5.41) is 33.7. The summed E-state index contributed by atoms with van der Waals surface area (Å²) < 4.78 is 0. The molecule has 0 atom stereocenters. The molecule has 6 nitrogen and oxygen atoms in total. The molecule has 266 valence electrons. The number of hydrogen-bond acceptors (Lipinski definition) is 4. The molecule has 0 saturated heterocycles. The third-order valence-corrected chi connectivity index (χ3v) is 8.05. The van der Waals surface area contributed by atoms with Crippen molar-refractivity contribution in [3.05, 3.63) is 0 Å². The second-order valence-corrected chi connectivity index (χ2v) is 12.7. The van der Waals surface area contributed by atoms with Crippen LogP contribution in [0.4, 0.5) is 0 Å². The number of aliphatic carboxylic acids is 2. The lowest BCUT2D eigenvalue weighted by Gasteiger charge is -2.02. The molecule has 0 aromatic rings. The van der Waals surface area contributed by atoms with Crippen LogP contribution in [0, 0.1) is 0 Å². The van der Waals surface area contributed by atoms with Crippen LogP contribution in [-0.4, -0.2) is 38.7 Å². The molecule has 4 N–H and O–H groups in total. The van der Waals surface area contributed by atoms with Crippen molar-refractivity contribution in [3.8, 4) is 0 Å². The second kappa shape index (κ2) is 44.0. The van der Waals surface area contributed by atoms with Gasteiger partial charge in [0.05, 0.1) is 0 Å². The third kappa shape index (κ3) is 56.6. The maximum absolute atomic E-state index is 10.3. The quantitative estimate of drug-likeness (QED) is 0.0434. The van der Waals surface area contributed by atoms with Crippen LogP contribution >= 0.6 is 0 Å². The van der Waals surface area contributed by atoms with Crippen molar-refractivity contribution in [2.75, 3.05) is 0 Å². The molecular weight excluding hydrogens is 552 g/mol. The summed E-state index contributed by atoms with van der Waals surface area (Å²) in [7, 11) is 0. The van der Waals surface area contributed by atoms with E-state index in [-0.39, 0.29) is 0 Å². The zero-order chi connectivity index (χ0) is 33.4. The van der Waals surface area contributed by atoms with Crippen LogP contribution in [0.15, 0.2) is 0 Å². The number of aliphatic hydroxyl groups excluding tert-OH is 1. The Morgan fingerprint density at radius 2 is 0.568 bits per heavy atom. The first-order chi connectivity index (χ1) is 21.3. The Balaban J connectivity index is -0.000000616. The van der Waals surface area contributed by atoms with E-state index in [1.54, 1.807) is 0 Å². The molecule has 0 saturated carbocycles. The number of aliphatic hydroxyl groups is 2. The molecule has 0 aliphatic carbocycles. The molecule has 0 amide bonds. The van der Waals surface area contributed by atoms with Gasteiger partial charge in [-0.3, -0.25) is 9.59 Å². The Morgan fingerprint density at radius 1 is 0.364 bits per heavy atom. The lowest BCUT2D eigenvalue weighted by Crippen LogP contribution is -2.02. The average Bonchev–Trinajstić information content (AvgIpc) is 2.98. The van der Waals surface area contributed by atoms with E-state index >= 15 is 0 Å². The van der Waals surface area contributed by atoms with E-state index in [9.17, 15) is 9.59 Å². The highest BCUT2D eigenvalue weighted by Gasteiger charge is 1.98.